The van der Waals surface area contributed by atoms with Crippen LogP contribution in [-0.4, -0.2) is 37.6 Å². The molecule has 1 atom stereocenters. The number of hydrogen-bond acceptors (Lipinski definition) is 6. The predicted octanol–water partition coefficient (Wildman–Crippen LogP) is 3.48. The highest BCUT2D eigenvalue weighted by molar-refractivity contribution is 6.62. The summed E-state index contributed by atoms with van der Waals surface area (Å²) in [7, 11) is -0.538. The van der Waals surface area contributed by atoms with Crippen LogP contribution in [0.5, 0.6) is 5.75 Å². The maximum atomic E-state index is 12.7. The normalized spacial score (nSPS) is 23.9. The number of benzene rings is 2. The van der Waals surface area contributed by atoms with Crippen molar-refractivity contribution < 1.29 is 27.6 Å². The quantitative estimate of drug-likeness (QED) is 0.715. The number of nitrogens with zero attached hydrogens (tertiary/aromatic N) is 1. The van der Waals surface area contributed by atoms with E-state index in [4.69, 9.17) is 19.8 Å². The molecule has 1 saturated heterocycles. The predicted molar refractivity (Wildman–Crippen MR) is 118 cm³/mol. The van der Waals surface area contributed by atoms with Gasteiger partial charge in [-0.1, -0.05) is 30.3 Å². The van der Waals surface area contributed by atoms with E-state index in [0.717, 1.165) is 16.6 Å². The molecule has 4 rings (SSSR count). The molecular weight excluding hydrogens is 417 g/mol. The number of nitrogens with two attached hydrogens (primary N) is 1. The van der Waals surface area contributed by atoms with Crippen molar-refractivity contribution in [1.82, 2.24) is 0 Å². The highest BCUT2D eigenvalue weighted by Gasteiger charge is 2.52. The molecule has 170 valence electrons. The van der Waals surface area contributed by atoms with Gasteiger partial charge < -0.3 is 24.5 Å². The molecule has 2 aromatic rings. The molecule has 0 saturated carbocycles. The summed E-state index contributed by atoms with van der Waals surface area (Å²) in [4.78, 5) is 4.62. The first kappa shape index (κ1) is 22.5. The van der Waals surface area contributed by atoms with E-state index < -0.39 is 30.5 Å². The molecule has 2 heterocycles. The van der Waals surface area contributed by atoms with Crippen LogP contribution in [0, 0.1) is 6.92 Å². The smallest absolute Gasteiger partial charge is 0.462 e. The van der Waals surface area contributed by atoms with Gasteiger partial charge >= 0.3 is 13.7 Å². The Kier molecular flexibility index (Phi) is 5.45. The van der Waals surface area contributed by atoms with Crippen LogP contribution in [0.2, 0.25) is 0 Å². The maximum Gasteiger partial charge on any atom is 0.494 e. The fraction of sp³-hybridized carbons (Fsp3) is 0.435. The van der Waals surface area contributed by atoms with Gasteiger partial charge in [-0.25, -0.2) is 4.99 Å². The Morgan fingerprint density at radius 1 is 1.03 bits per heavy atom. The van der Waals surface area contributed by atoms with Crippen LogP contribution in [0.3, 0.4) is 0 Å². The van der Waals surface area contributed by atoms with Gasteiger partial charge in [0.15, 0.2) is 5.54 Å². The van der Waals surface area contributed by atoms with Crippen LogP contribution >= 0.6 is 0 Å². The van der Waals surface area contributed by atoms with Crippen molar-refractivity contribution in [3.05, 3.63) is 59.2 Å². The average molecular weight is 444 g/mol. The third-order valence-electron chi connectivity index (χ3n) is 6.49. The van der Waals surface area contributed by atoms with Gasteiger partial charge in [0.25, 0.3) is 6.02 Å². The summed E-state index contributed by atoms with van der Waals surface area (Å²) >= 11 is 0. The second kappa shape index (κ2) is 7.74. The van der Waals surface area contributed by atoms with E-state index >= 15 is 0 Å². The number of rotatable bonds is 5. The number of aryl methyl sites for hydroxylation is 1. The number of amidine groups is 1. The summed E-state index contributed by atoms with van der Waals surface area (Å²) in [6.45, 7) is 6.99. The Labute approximate surface area is 186 Å². The standard InChI is InChI=1S/C23H27BF2N2O4/c1-14-11-16(9-10-18(14)30-19(25)26)23(13-29-20(27)28-23)15-7-6-8-17(12-15)24-31-21(2,3)22(4,5)32-24/h6-12,19H,13H2,1-5H3,(H2,27,28)/t23-/m0/s1. The highest BCUT2D eigenvalue weighted by atomic mass is 19.3. The van der Waals surface area contributed by atoms with E-state index in [-0.39, 0.29) is 18.4 Å². The minimum atomic E-state index is -2.89. The van der Waals surface area contributed by atoms with Gasteiger partial charge in [0.2, 0.25) is 0 Å². The third-order valence-corrected chi connectivity index (χ3v) is 6.49. The number of halogens is 2. The molecule has 0 unspecified atom stereocenters. The Morgan fingerprint density at radius 3 is 2.25 bits per heavy atom. The molecule has 0 bridgehead atoms. The van der Waals surface area contributed by atoms with Crippen molar-refractivity contribution >= 4 is 18.6 Å². The Hall–Kier alpha value is -2.65. The molecular formula is C23H27BF2N2O4. The first-order valence-electron chi connectivity index (χ1n) is 10.4. The van der Waals surface area contributed by atoms with Crippen LogP contribution in [0.4, 0.5) is 8.78 Å². The Morgan fingerprint density at radius 2 is 1.69 bits per heavy atom. The average Bonchev–Trinajstić information content (AvgIpc) is 3.20. The summed E-state index contributed by atoms with van der Waals surface area (Å²) in [5, 5.41) is 0. The summed E-state index contributed by atoms with van der Waals surface area (Å²) in [6.07, 6.45) is 0. The molecule has 2 N–H and O–H groups in total. The second-order valence-corrected chi connectivity index (χ2v) is 9.17. The topological polar surface area (TPSA) is 75.3 Å². The molecule has 2 aliphatic rings. The SMILES string of the molecule is Cc1cc([C@@]2(c3cccc(B4OC(C)(C)C(C)(C)O4)c3)COC(N)=N2)ccc1OC(F)F. The van der Waals surface area contributed by atoms with Gasteiger partial charge in [-0.3, -0.25) is 0 Å². The van der Waals surface area contributed by atoms with E-state index in [1.807, 2.05) is 52.0 Å². The van der Waals surface area contributed by atoms with Gasteiger partial charge in [-0.15, -0.1) is 0 Å². The first-order chi connectivity index (χ1) is 14.9. The Balaban J connectivity index is 1.75. The number of aliphatic imine (C=N–C) groups is 1. The fourth-order valence-electron chi connectivity index (χ4n) is 3.95. The zero-order valence-electron chi connectivity index (χ0n) is 18.8. The number of hydrogen-bond donors (Lipinski definition) is 1. The minimum Gasteiger partial charge on any atom is -0.462 e. The van der Waals surface area contributed by atoms with Crippen LogP contribution in [0.15, 0.2) is 47.5 Å². The van der Waals surface area contributed by atoms with E-state index in [2.05, 4.69) is 9.73 Å². The van der Waals surface area contributed by atoms with E-state index in [9.17, 15) is 8.78 Å². The van der Waals surface area contributed by atoms with Gasteiger partial charge in [0, 0.05) is 0 Å². The largest absolute Gasteiger partial charge is 0.494 e. The minimum absolute atomic E-state index is 0.0663. The molecule has 0 amide bonds. The molecule has 2 aromatic carbocycles. The number of ether oxygens (including phenoxy) is 2. The highest BCUT2D eigenvalue weighted by Crippen LogP contribution is 2.40. The maximum absolute atomic E-state index is 12.7. The third kappa shape index (κ3) is 3.84. The van der Waals surface area contributed by atoms with Crippen molar-refractivity contribution in [3.63, 3.8) is 0 Å². The number of alkyl halides is 2. The molecule has 0 spiro atoms. The van der Waals surface area contributed by atoms with Crippen molar-refractivity contribution in [3.8, 4) is 5.75 Å². The summed E-state index contributed by atoms with van der Waals surface area (Å²) in [5.74, 6) is 0.112. The first-order valence-corrected chi connectivity index (χ1v) is 10.4. The van der Waals surface area contributed by atoms with Crippen molar-refractivity contribution in [2.45, 2.75) is 58.0 Å². The van der Waals surface area contributed by atoms with E-state index in [1.54, 1.807) is 19.1 Å². The molecule has 9 heteroatoms. The lowest BCUT2D eigenvalue weighted by atomic mass is 9.75. The lowest BCUT2D eigenvalue weighted by Crippen LogP contribution is -2.41. The van der Waals surface area contributed by atoms with Crippen LogP contribution in [-0.2, 0) is 19.6 Å². The molecule has 0 radical (unpaired) electrons. The zero-order valence-corrected chi connectivity index (χ0v) is 18.8. The van der Waals surface area contributed by atoms with Gasteiger partial charge in [-0.05, 0) is 68.9 Å². The van der Waals surface area contributed by atoms with Crippen LogP contribution < -0.4 is 15.9 Å². The van der Waals surface area contributed by atoms with Crippen molar-refractivity contribution in [2.75, 3.05) is 6.61 Å². The summed E-state index contributed by atoms with van der Waals surface area (Å²) in [6, 6.07) is 12.8. The molecule has 32 heavy (non-hydrogen) atoms. The lowest BCUT2D eigenvalue weighted by Gasteiger charge is -2.32. The van der Waals surface area contributed by atoms with Crippen LogP contribution in [0.1, 0.15) is 44.4 Å². The Bertz CT molecular complexity index is 1040. The van der Waals surface area contributed by atoms with Crippen molar-refractivity contribution in [1.29, 1.82) is 0 Å². The second-order valence-electron chi connectivity index (χ2n) is 9.17. The summed E-state index contributed by atoms with van der Waals surface area (Å²) in [5.41, 5.74) is 7.01. The molecule has 6 nitrogen and oxygen atoms in total. The molecule has 0 aromatic heterocycles. The molecule has 2 aliphatic heterocycles. The molecule has 1 fully saturated rings. The monoisotopic (exact) mass is 444 g/mol. The van der Waals surface area contributed by atoms with Gasteiger partial charge in [-0.2, -0.15) is 8.78 Å². The van der Waals surface area contributed by atoms with Crippen LogP contribution in [0.25, 0.3) is 0 Å². The van der Waals surface area contributed by atoms with E-state index in [1.165, 1.54) is 6.07 Å². The molecule has 0 aliphatic carbocycles. The summed E-state index contributed by atoms with van der Waals surface area (Å²) < 4.78 is 47.9. The lowest BCUT2D eigenvalue weighted by molar-refractivity contribution is -0.0503. The van der Waals surface area contributed by atoms with Gasteiger partial charge in [0.05, 0.1) is 11.2 Å². The fourth-order valence-corrected chi connectivity index (χ4v) is 3.95. The van der Waals surface area contributed by atoms with E-state index in [0.29, 0.717) is 5.56 Å². The van der Waals surface area contributed by atoms with Crippen molar-refractivity contribution in [2.24, 2.45) is 10.7 Å². The van der Waals surface area contributed by atoms with Gasteiger partial charge in [0.1, 0.15) is 12.4 Å². The zero-order chi connectivity index (χ0) is 23.3.